The SMILES string of the molecule is [CH2+]C([CH2+])([CH2-])OCC[O-]. The van der Waals surface area contributed by atoms with E-state index in [0.717, 1.165) is 0 Å². The molecule has 0 N–H and O–H groups in total. The fourth-order valence-corrected chi connectivity index (χ4v) is 0.258. The second-order valence-electron chi connectivity index (χ2n) is 1.74. The summed E-state index contributed by atoms with van der Waals surface area (Å²) in [6.45, 7) is 10.1. The molecule has 0 aromatic rings. The number of hydrogen-bond acceptors (Lipinski definition) is 2. The van der Waals surface area contributed by atoms with E-state index in [2.05, 4.69) is 20.8 Å². The molecule has 0 unspecified atom stereocenters. The van der Waals surface area contributed by atoms with Crippen LogP contribution in [-0.2, 0) is 4.74 Å². The van der Waals surface area contributed by atoms with E-state index in [9.17, 15) is 5.11 Å². The van der Waals surface area contributed by atoms with Gasteiger partial charge in [0.25, 0.3) is 0 Å². The third-order valence-corrected chi connectivity index (χ3v) is 0.492. The van der Waals surface area contributed by atoms with Crippen LogP contribution in [0.15, 0.2) is 0 Å². The van der Waals surface area contributed by atoms with Gasteiger partial charge in [0.1, 0.15) is 13.8 Å². The number of ether oxygens (including phenoxy) is 1. The van der Waals surface area contributed by atoms with Crippen molar-refractivity contribution in [2.45, 2.75) is 5.60 Å². The molecule has 0 heterocycles. The van der Waals surface area contributed by atoms with E-state index in [4.69, 9.17) is 4.74 Å². The van der Waals surface area contributed by atoms with Crippen LogP contribution in [0.3, 0.4) is 0 Å². The van der Waals surface area contributed by atoms with Gasteiger partial charge in [0.2, 0.25) is 5.60 Å². The van der Waals surface area contributed by atoms with Crippen molar-refractivity contribution in [3.05, 3.63) is 20.8 Å². The Hall–Kier alpha value is -0.340. The molecule has 0 amide bonds. The van der Waals surface area contributed by atoms with E-state index in [1.807, 2.05) is 0 Å². The molecule has 46 valence electrons. The fourth-order valence-electron chi connectivity index (χ4n) is 0.258. The smallest absolute Gasteiger partial charge is 0.219 e. The van der Waals surface area contributed by atoms with Gasteiger partial charge in [0.15, 0.2) is 0 Å². The minimum absolute atomic E-state index is 0.135. The van der Waals surface area contributed by atoms with Crippen LogP contribution in [0.5, 0.6) is 0 Å². The van der Waals surface area contributed by atoms with Crippen molar-refractivity contribution in [3.8, 4) is 0 Å². The van der Waals surface area contributed by atoms with Gasteiger partial charge in [-0.25, -0.2) is 6.92 Å². The summed E-state index contributed by atoms with van der Waals surface area (Å²) in [5.41, 5.74) is -0.898. The predicted molar refractivity (Wildman–Crippen MR) is 29.6 cm³/mol. The zero-order valence-electron chi connectivity index (χ0n) is 4.85. The van der Waals surface area contributed by atoms with E-state index < -0.39 is 5.60 Å². The first kappa shape index (κ1) is 7.66. The molecule has 0 aliphatic heterocycles. The van der Waals surface area contributed by atoms with E-state index in [-0.39, 0.29) is 13.2 Å². The highest BCUT2D eigenvalue weighted by atomic mass is 16.5. The second-order valence-corrected chi connectivity index (χ2v) is 1.74. The van der Waals surface area contributed by atoms with Crippen LogP contribution >= 0.6 is 0 Å². The number of rotatable bonds is 3. The molecule has 0 spiro atoms. The molecule has 0 fully saturated rings. The highest BCUT2D eigenvalue weighted by Crippen LogP contribution is 2.02. The minimum atomic E-state index is -0.898. The zero-order chi connectivity index (χ0) is 6.62. The Bertz CT molecular complexity index is 54.0. The maximum absolute atomic E-state index is 9.77. The average molecular weight is 114 g/mol. The van der Waals surface area contributed by atoms with Crippen molar-refractivity contribution in [3.63, 3.8) is 0 Å². The van der Waals surface area contributed by atoms with Gasteiger partial charge in [0, 0.05) is 6.61 Å². The van der Waals surface area contributed by atoms with E-state index in [0.29, 0.717) is 0 Å². The van der Waals surface area contributed by atoms with Crippen LogP contribution in [0.2, 0.25) is 0 Å². The molecule has 2 nitrogen and oxygen atoms in total. The molecular weight excluding hydrogens is 104 g/mol. The molecule has 0 saturated carbocycles. The monoisotopic (exact) mass is 114 g/mol. The second kappa shape index (κ2) is 2.84. The molecule has 8 heavy (non-hydrogen) atoms. The standard InChI is InChI=1S/C6H10O2/c1-6(2,3)8-5-4-7/h1-5H2. The molecule has 0 atom stereocenters. The summed E-state index contributed by atoms with van der Waals surface area (Å²) in [6, 6.07) is 0. The molecule has 0 saturated heterocycles. The van der Waals surface area contributed by atoms with Crippen molar-refractivity contribution < 1.29 is 9.84 Å². The topological polar surface area (TPSA) is 32.3 Å². The van der Waals surface area contributed by atoms with Gasteiger partial charge in [-0.15, -0.1) is 6.61 Å². The Labute approximate surface area is 50.5 Å². The molecule has 2 heteroatoms. The highest BCUT2D eigenvalue weighted by Gasteiger charge is 2.16. The molecule has 0 aliphatic carbocycles. The third-order valence-electron chi connectivity index (χ3n) is 0.492. The first-order valence-corrected chi connectivity index (χ1v) is 2.34. The fraction of sp³-hybridized carbons (Fsp3) is 0.500. The average Bonchev–Trinajstić information content (AvgIpc) is 1.59. The molecule has 0 radical (unpaired) electrons. The number of hydrogen-bond donors (Lipinski definition) is 0. The lowest BCUT2D eigenvalue weighted by atomic mass is 10.2. The van der Waals surface area contributed by atoms with Crippen LogP contribution in [0.4, 0.5) is 0 Å². The summed E-state index contributed by atoms with van der Waals surface area (Å²) in [7, 11) is 0. The summed E-state index contributed by atoms with van der Waals surface area (Å²) >= 11 is 0. The minimum Gasteiger partial charge on any atom is -0.853 e. The van der Waals surface area contributed by atoms with Crippen molar-refractivity contribution in [1.82, 2.24) is 0 Å². The van der Waals surface area contributed by atoms with Crippen molar-refractivity contribution in [2.24, 2.45) is 0 Å². The molecule has 0 aliphatic rings. The third kappa shape index (κ3) is 5.66. The summed E-state index contributed by atoms with van der Waals surface area (Å²) in [5.74, 6) is 0. The van der Waals surface area contributed by atoms with Gasteiger partial charge in [-0.3, -0.25) is 0 Å². The lowest BCUT2D eigenvalue weighted by molar-refractivity contribution is -0.375. The van der Waals surface area contributed by atoms with Gasteiger partial charge in [-0.05, 0) is 0 Å². The quantitative estimate of drug-likeness (QED) is 0.468. The van der Waals surface area contributed by atoms with Gasteiger partial charge in [-0.2, -0.15) is 0 Å². The van der Waals surface area contributed by atoms with Crippen LogP contribution in [-0.4, -0.2) is 18.8 Å². The molecule has 0 aromatic heterocycles. The summed E-state index contributed by atoms with van der Waals surface area (Å²) in [6.07, 6.45) is 0. The van der Waals surface area contributed by atoms with Gasteiger partial charge in [-0.1, -0.05) is 0 Å². The lowest BCUT2D eigenvalue weighted by Gasteiger charge is -2.13. The Balaban J connectivity index is 3.11. The van der Waals surface area contributed by atoms with Crippen molar-refractivity contribution in [1.29, 1.82) is 0 Å². The maximum atomic E-state index is 9.77. The molecular formula is C6H10O2. The van der Waals surface area contributed by atoms with E-state index in [1.54, 1.807) is 0 Å². The first-order valence-electron chi connectivity index (χ1n) is 2.34. The largest absolute Gasteiger partial charge is 0.853 e. The van der Waals surface area contributed by atoms with Gasteiger partial charge >= 0.3 is 0 Å². The van der Waals surface area contributed by atoms with Gasteiger partial charge < -0.3 is 9.84 Å². The van der Waals surface area contributed by atoms with Crippen LogP contribution in [0.25, 0.3) is 0 Å². The van der Waals surface area contributed by atoms with E-state index in [1.165, 1.54) is 0 Å². The Morgan fingerprint density at radius 3 is 2.25 bits per heavy atom. The summed E-state index contributed by atoms with van der Waals surface area (Å²) < 4.78 is 4.73. The summed E-state index contributed by atoms with van der Waals surface area (Å²) in [5, 5.41) is 9.77. The highest BCUT2D eigenvalue weighted by molar-refractivity contribution is 4.88. The van der Waals surface area contributed by atoms with Crippen molar-refractivity contribution in [2.75, 3.05) is 13.2 Å². The molecule has 0 bridgehead atoms. The normalized spacial score (nSPS) is 11.8. The van der Waals surface area contributed by atoms with Crippen LogP contribution in [0.1, 0.15) is 0 Å². The Kier molecular flexibility index (Phi) is 2.72. The lowest BCUT2D eigenvalue weighted by Crippen LogP contribution is -2.25. The first-order chi connectivity index (χ1) is 3.56. The molecule has 0 rings (SSSR count). The van der Waals surface area contributed by atoms with Crippen LogP contribution < -0.4 is 5.11 Å². The Morgan fingerprint density at radius 1 is 1.62 bits per heavy atom. The Morgan fingerprint density at radius 2 is 2.12 bits per heavy atom. The summed E-state index contributed by atoms with van der Waals surface area (Å²) in [4.78, 5) is 0. The zero-order valence-corrected chi connectivity index (χ0v) is 4.85. The molecule has 0 aromatic carbocycles. The maximum Gasteiger partial charge on any atom is 0.219 e. The van der Waals surface area contributed by atoms with E-state index >= 15 is 0 Å². The van der Waals surface area contributed by atoms with Gasteiger partial charge in [0.05, 0.1) is 0 Å². The van der Waals surface area contributed by atoms with Crippen LogP contribution in [0, 0.1) is 20.8 Å². The predicted octanol–water partition coefficient (Wildman–Crippen LogP) is -0.396. The van der Waals surface area contributed by atoms with Crippen molar-refractivity contribution >= 4 is 0 Å².